The second kappa shape index (κ2) is 5.57. The number of hydrogen-bond acceptors (Lipinski definition) is 5. The van der Waals surface area contributed by atoms with Gasteiger partial charge in [-0.25, -0.2) is 0 Å². The molecule has 2 N–H and O–H groups in total. The third-order valence-corrected chi connectivity index (χ3v) is 2.89. The Hall–Kier alpha value is -0.980. The fourth-order valence-corrected chi connectivity index (χ4v) is 1.81. The van der Waals surface area contributed by atoms with Crippen molar-refractivity contribution >= 4 is 0 Å². The van der Waals surface area contributed by atoms with Crippen molar-refractivity contribution in [2.24, 2.45) is 5.41 Å². The Bertz CT molecular complexity index is 349. The minimum Gasteiger partial charge on any atom is -0.396 e. The number of aromatic nitrogens is 3. The lowest BCUT2D eigenvalue weighted by molar-refractivity contribution is -0.0991. The first-order chi connectivity index (χ1) is 8.22. The number of aliphatic hydroxyl groups excluding tert-OH is 1. The van der Waals surface area contributed by atoms with Gasteiger partial charge in [-0.1, -0.05) is 12.1 Å². The van der Waals surface area contributed by atoms with Gasteiger partial charge < -0.3 is 15.2 Å². The molecule has 0 spiro atoms. The molecule has 1 aliphatic rings. The molecule has 0 radical (unpaired) electrons. The van der Waals surface area contributed by atoms with Gasteiger partial charge in [0.15, 0.2) is 0 Å². The van der Waals surface area contributed by atoms with Gasteiger partial charge in [-0.05, 0) is 6.42 Å². The Morgan fingerprint density at radius 3 is 3.06 bits per heavy atom. The molecule has 6 nitrogen and oxygen atoms in total. The van der Waals surface area contributed by atoms with Crippen LogP contribution in [0.1, 0.15) is 19.0 Å². The van der Waals surface area contributed by atoms with Gasteiger partial charge in [0.2, 0.25) is 0 Å². The molecule has 0 aliphatic carbocycles. The van der Waals surface area contributed by atoms with Crippen molar-refractivity contribution in [2.75, 3.05) is 26.4 Å². The zero-order chi connectivity index (χ0) is 12.1. The molecule has 0 bridgehead atoms. The predicted octanol–water partition coefficient (Wildman–Crippen LogP) is -0.213. The van der Waals surface area contributed by atoms with Crippen LogP contribution >= 0.6 is 0 Å². The summed E-state index contributed by atoms with van der Waals surface area (Å²) in [4.78, 5) is 0. The highest BCUT2D eigenvalue weighted by molar-refractivity contribution is 4.92. The third kappa shape index (κ3) is 3.49. The average Bonchev–Trinajstić information content (AvgIpc) is 2.72. The summed E-state index contributed by atoms with van der Waals surface area (Å²) in [6.45, 7) is 6.46. The van der Waals surface area contributed by atoms with Crippen LogP contribution in [0.15, 0.2) is 6.20 Å². The lowest BCUT2D eigenvalue weighted by Gasteiger charge is -2.38. The third-order valence-electron chi connectivity index (χ3n) is 2.89. The molecule has 1 aromatic rings. The molecule has 96 valence electrons. The maximum absolute atomic E-state index is 8.71. The normalized spacial score (nSPS) is 18.0. The highest BCUT2D eigenvalue weighted by Gasteiger charge is 2.32. The van der Waals surface area contributed by atoms with Gasteiger partial charge in [0.25, 0.3) is 0 Å². The maximum atomic E-state index is 8.71. The second-order valence-corrected chi connectivity index (χ2v) is 4.96. The molecular weight excluding hydrogens is 220 g/mol. The molecule has 0 amide bonds. The fourth-order valence-electron chi connectivity index (χ4n) is 1.81. The van der Waals surface area contributed by atoms with E-state index in [1.807, 2.05) is 6.20 Å². The lowest BCUT2D eigenvalue weighted by atomic mass is 9.89. The summed E-state index contributed by atoms with van der Waals surface area (Å²) in [5, 5.41) is 20.1. The summed E-state index contributed by atoms with van der Waals surface area (Å²) in [6.07, 6.45) is 2.63. The smallest absolute Gasteiger partial charge is 0.0964 e. The average molecular weight is 240 g/mol. The van der Waals surface area contributed by atoms with Crippen LogP contribution in [0, 0.1) is 5.41 Å². The molecule has 1 aliphatic heterocycles. The summed E-state index contributed by atoms with van der Waals surface area (Å²) in [5.74, 6) is 0. The summed E-state index contributed by atoms with van der Waals surface area (Å²) in [7, 11) is 0. The second-order valence-electron chi connectivity index (χ2n) is 4.96. The topological polar surface area (TPSA) is 72.2 Å². The van der Waals surface area contributed by atoms with E-state index in [0.29, 0.717) is 6.42 Å². The molecule has 1 saturated heterocycles. The zero-order valence-electron chi connectivity index (χ0n) is 10.2. The molecule has 6 heteroatoms. The molecule has 0 aromatic carbocycles. The minimum atomic E-state index is 0.186. The zero-order valence-corrected chi connectivity index (χ0v) is 10.2. The van der Waals surface area contributed by atoms with Crippen LogP contribution in [-0.2, 0) is 17.8 Å². The van der Waals surface area contributed by atoms with Crippen LogP contribution in [0.2, 0.25) is 0 Å². The summed E-state index contributed by atoms with van der Waals surface area (Å²) >= 11 is 0. The molecule has 1 fully saturated rings. The van der Waals surface area contributed by atoms with Gasteiger partial charge >= 0.3 is 0 Å². The quantitative estimate of drug-likeness (QED) is 0.690. The number of ether oxygens (including phenoxy) is 1. The standard InChI is InChI=1S/C11H20N4O2/c1-11(8-17-9-11)7-12-5-10-6-15(14-13-10)3-2-4-16/h6,12,16H,2-5,7-9H2,1H3. The summed E-state index contributed by atoms with van der Waals surface area (Å²) in [5.41, 5.74) is 1.22. The van der Waals surface area contributed by atoms with Gasteiger partial charge in [0.1, 0.15) is 0 Å². The van der Waals surface area contributed by atoms with Crippen molar-refractivity contribution in [3.8, 4) is 0 Å². The Balaban J connectivity index is 1.69. The Kier molecular flexibility index (Phi) is 4.09. The largest absolute Gasteiger partial charge is 0.396 e. The van der Waals surface area contributed by atoms with E-state index in [0.717, 1.165) is 38.5 Å². The van der Waals surface area contributed by atoms with Crippen molar-refractivity contribution in [2.45, 2.75) is 26.4 Å². The van der Waals surface area contributed by atoms with E-state index in [-0.39, 0.29) is 12.0 Å². The molecule has 0 saturated carbocycles. The minimum absolute atomic E-state index is 0.186. The molecule has 17 heavy (non-hydrogen) atoms. The molecule has 0 unspecified atom stereocenters. The van der Waals surface area contributed by atoms with E-state index in [9.17, 15) is 0 Å². The monoisotopic (exact) mass is 240 g/mol. The van der Waals surface area contributed by atoms with E-state index < -0.39 is 0 Å². The van der Waals surface area contributed by atoms with Crippen molar-refractivity contribution in [3.05, 3.63) is 11.9 Å². The van der Waals surface area contributed by atoms with Crippen molar-refractivity contribution in [1.29, 1.82) is 0 Å². The van der Waals surface area contributed by atoms with Crippen LogP contribution in [0.25, 0.3) is 0 Å². The first-order valence-electron chi connectivity index (χ1n) is 6.00. The van der Waals surface area contributed by atoms with E-state index in [1.54, 1.807) is 4.68 Å². The molecule has 0 atom stereocenters. The molecule has 2 rings (SSSR count). The van der Waals surface area contributed by atoms with E-state index in [1.165, 1.54) is 0 Å². The van der Waals surface area contributed by atoms with Crippen molar-refractivity contribution < 1.29 is 9.84 Å². The van der Waals surface area contributed by atoms with Crippen molar-refractivity contribution in [1.82, 2.24) is 20.3 Å². The van der Waals surface area contributed by atoms with Gasteiger partial charge in [-0.15, -0.1) is 5.10 Å². The molecule has 2 heterocycles. The SMILES string of the molecule is CC1(CNCc2cn(CCCO)nn2)COC1. The van der Waals surface area contributed by atoms with Gasteiger partial charge in [-0.2, -0.15) is 0 Å². The van der Waals surface area contributed by atoms with Crippen LogP contribution in [0.3, 0.4) is 0 Å². The van der Waals surface area contributed by atoms with Crippen LogP contribution in [0.4, 0.5) is 0 Å². The first-order valence-corrected chi connectivity index (χ1v) is 6.00. The highest BCUT2D eigenvalue weighted by Crippen LogP contribution is 2.25. The predicted molar refractivity (Wildman–Crippen MR) is 62.4 cm³/mol. The number of nitrogens with zero attached hydrogens (tertiary/aromatic N) is 3. The van der Waals surface area contributed by atoms with Gasteiger partial charge in [0, 0.05) is 37.9 Å². The van der Waals surface area contributed by atoms with Crippen LogP contribution in [0.5, 0.6) is 0 Å². The fraction of sp³-hybridized carbons (Fsp3) is 0.818. The Morgan fingerprint density at radius 2 is 2.41 bits per heavy atom. The summed E-state index contributed by atoms with van der Waals surface area (Å²) in [6, 6.07) is 0. The molecular formula is C11H20N4O2. The van der Waals surface area contributed by atoms with Crippen molar-refractivity contribution in [3.63, 3.8) is 0 Å². The number of hydrogen-bond donors (Lipinski definition) is 2. The Labute approximate surface area is 101 Å². The number of rotatable bonds is 7. The van der Waals surface area contributed by atoms with Gasteiger partial charge in [0.05, 0.1) is 18.9 Å². The van der Waals surface area contributed by atoms with E-state index in [4.69, 9.17) is 9.84 Å². The highest BCUT2D eigenvalue weighted by atomic mass is 16.5. The summed E-state index contributed by atoms with van der Waals surface area (Å²) < 4.78 is 6.96. The van der Waals surface area contributed by atoms with E-state index >= 15 is 0 Å². The van der Waals surface area contributed by atoms with E-state index in [2.05, 4.69) is 22.6 Å². The maximum Gasteiger partial charge on any atom is 0.0964 e. The van der Waals surface area contributed by atoms with Crippen LogP contribution in [-0.4, -0.2) is 46.5 Å². The number of aryl methyl sites for hydroxylation is 1. The Morgan fingerprint density at radius 1 is 1.59 bits per heavy atom. The van der Waals surface area contributed by atoms with Crippen LogP contribution < -0.4 is 5.32 Å². The first kappa shape index (κ1) is 12.5. The van der Waals surface area contributed by atoms with Gasteiger partial charge in [-0.3, -0.25) is 4.68 Å². The number of aliphatic hydroxyl groups is 1. The lowest BCUT2D eigenvalue weighted by Crippen LogP contribution is -2.47. The molecule has 1 aromatic heterocycles. The number of nitrogens with one attached hydrogen (secondary N) is 1.